The summed E-state index contributed by atoms with van der Waals surface area (Å²) < 4.78 is 5.59. The fourth-order valence-electron chi connectivity index (χ4n) is 1.62. The van der Waals surface area contributed by atoms with E-state index in [-0.39, 0.29) is 18.4 Å². The lowest BCUT2D eigenvalue weighted by Gasteiger charge is -2.01. The maximum atomic E-state index is 5.59. The standard InChI is InChI=1S/C10H17N3OS.ClH/c1-2-3-7-15-10-13-12-9(14-10)8-5-4-6-11-8;/h8,11H,2-7H2,1H3;1H. The highest BCUT2D eigenvalue weighted by Gasteiger charge is 2.21. The topological polar surface area (TPSA) is 51.0 Å². The quantitative estimate of drug-likeness (QED) is 0.654. The molecule has 16 heavy (non-hydrogen) atoms. The van der Waals surface area contributed by atoms with Crippen molar-refractivity contribution in [1.29, 1.82) is 0 Å². The lowest BCUT2D eigenvalue weighted by molar-refractivity contribution is 0.374. The minimum Gasteiger partial charge on any atom is -0.414 e. The number of nitrogens with one attached hydrogen (secondary N) is 1. The molecule has 0 bridgehead atoms. The van der Waals surface area contributed by atoms with E-state index in [4.69, 9.17) is 4.42 Å². The summed E-state index contributed by atoms with van der Waals surface area (Å²) in [6.07, 6.45) is 4.72. The summed E-state index contributed by atoms with van der Waals surface area (Å²) in [4.78, 5) is 0. The van der Waals surface area contributed by atoms with Crippen LogP contribution in [-0.2, 0) is 0 Å². The molecule has 1 saturated heterocycles. The van der Waals surface area contributed by atoms with Gasteiger partial charge < -0.3 is 9.73 Å². The summed E-state index contributed by atoms with van der Waals surface area (Å²) in [5.41, 5.74) is 0. The number of nitrogens with zero attached hydrogens (tertiary/aromatic N) is 2. The lowest BCUT2D eigenvalue weighted by Crippen LogP contribution is -2.12. The van der Waals surface area contributed by atoms with Gasteiger partial charge in [0.2, 0.25) is 5.89 Å². The fraction of sp³-hybridized carbons (Fsp3) is 0.800. The number of thioether (sulfide) groups is 1. The Labute approximate surface area is 106 Å². The summed E-state index contributed by atoms with van der Waals surface area (Å²) in [6, 6.07) is 0.290. The minimum absolute atomic E-state index is 0. The molecule has 1 aliphatic heterocycles. The maximum absolute atomic E-state index is 5.59. The van der Waals surface area contributed by atoms with Gasteiger partial charge in [0, 0.05) is 5.75 Å². The summed E-state index contributed by atoms with van der Waals surface area (Å²) in [5, 5.41) is 12.2. The summed E-state index contributed by atoms with van der Waals surface area (Å²) in [5.74, 6) is 1.82. The second kappa shape index (κ2) is 7.14. The van der Waals surface area contributed by atoms with Crippen LogP contribution in [0.25, 0.3) is 0 Å². The summed E-state index contributed by atoms with van der Waals surface area (Å²) in [6.45, 7) is 3.24. The zero-order valence-electron chi connectivity index (χ0n) is 9.44. The fourth-order valence-corrected chi connectivity index (χ4v) is 2.47. The molecule has 2 heterocycles. The van der Waals surface area contributed by atoms with Gasteiger partial charge in [-0.1, -0.05) is 25.1 Å². The van der Waals surface area contributed by atoms with E-state index in [0.717, 1.165) is 24.6 Å². The van der Waals surface area contributed by atoms with E-state index in [9.17, 15) is 0 Å². The monoisotopic (exact) mass is 263 g/mol. The van der Waals surface area contributed by atoms with E-state index in [1.54, 1.807) is 11.8 Å². The zero-order chi connectivity index (χ0) is 10.5. The van der Waals surface area contributed by atoms with Crippen LogP contribution in [0.5, 0.6) is 0 Å². The molecule has 1 unspecified atom stereocenters. The third kappa shape index (κ3) is 3.64. The van der Waals surface area contributed by atoms with Crippen LogP contribution in [0.3, 0.4) is 0 Å². The molecule has 0 amide bonds. The number of aromatic nitrogens is 2. The molecule has 1 aromatic rings. The van der Waals surface area contributed by atoms with Gasteiger partial charge in [0.15, 0.2) is 0 Å². The van der Waals surface area contributed by atoms with E-state index in [2.05, 4.69) is 22.4 Å². The molecule has 0 aromatic carbocycles. The molecular weight excluding hydrogens is 246 g/mol. The molecule has 0 spiro atoms. The molecule has 1 aromatic heterocycles. The molecule has 2 rings (SSSR count). The first kappa shape index (κ1) is 13.8. The summed E-state index contributed by atoms with van der Waals surface area (Å²) >= 11 is 1.66. The third-order valence-electron chi connectivity index (χ3n) is 2.50. The molecule has 0 radical (unpaired) electrons. The Morgan fingerprint density at radius 2 is 2.38 bits per heavy atom. The number of hydrogen-bond donors (Lipinski definition) is 1. The average molecular weight is 264 g/mol. The van der Waals surface area contributed by atoms with Crippen molar-refractivity contribution in [3.05, 3.63) is 5.89 Å². The lowest BCUT2D eigenvalue weighted by atomic mass is 10.2. The van der Waals surface area contributed by atoms with Crippen LogP contribution in [0.4, 0.5) is 0 Å². The van der Waals surface area contributed by atoms with Crippen molar-refractivity contribution in [3.8, 4) is 0 Å². The van der Waals surface area contributed by atoms with Crippen molar-refractivity contribution in [2.75, 3.05) is 12.3 Å². The van der Waals surface area contributed by atoms with E-state index >= 15 is 0 Å². The number of rotatable bonds is 5. The van der Waals surface area contributed by atoms with Crippen LogP contribution in [0.15, 0.2) is 9.64 Å². The Kier molecular flexibility index (Phi) is 6.16. The molecule has 92 valence electrons. The Balaban J connectivity index is 0.00000128. The van der Waals surface area contributed by atoms with Crippen molar-refractivity contribution >= 4 is 24.2 Å². The van der Waals surface area contributed by atoms with Gasteiger partial charge in [-0.2, -0.15) is 0 Å². The first-order chi connectivity index (χ1) is 7.40. The molecule has 1 aliphatic rings. The SMILES string of the molecule is CCCCSc1nnc(C2CCCN2)o1.Cl. The molecule has 4 nitrogen and oxygen atoms in total. The molecule has 1 atom stereocenters. The van der Waals surface area contributed by atoms with Crippen LogP contribution in [0.2, 0.25) is 0 Å². The van der Waals surface area contributed by atoms with E-state index in [1.807, 2.05) is 0 Å². The van der Waals surface area contributed by atoms with Gasteiger partial charge in [-0.05, 0) is 25.8 Å². The van der Waals surface area contributed by atoms with Crippen LogP contribution < -0.4 is 5.32 Å². The molecule has 6 heteroatoms. The second-order valence-corrected chi connectivity index (χ2v) is 4.80. The predicted octanol–water partition coefficient (Wildman–Crippen LogP) is 2.81. The highest BCUT2D eigenvalue weighted by molar-refractivity contribution is 7.99. The van der Waals surface area contributed by atoms with Crippen LogP contribution in [0, 0.1) is 0 Å². The van der Waals surface area contributed by atoms with E-state index in [1.165, 1.54) is 19.3 Å². The largest absolute Gasteiger partial charge is 0.414 e. The van der Waals surface area contributed by atoms with Gasteiger partial charge in [-0.3, -0.25) is 0 Å². The molecule has 0 saturated carbocycles. The van der Waals surface area contributed by atoms with E-state index in [0.29, 0.717) is 5.22 Å². The van der Waals surface area contributed by atoms with Gasteiger partial charge >= 0.3 is 0 Å². The highest BCUT2D eigenvalue weighted by Crippen LogP contribution is 2.25. The Morgan fingerprint density at radius 3 is 3.06 bits per heavy atom. The molecule has 0 aliphatic carbocycles. The number of hydrogen-bond acceptors (Lipinski definition) is 5. The van der Waals surface area contributed by atoms with Gasteiger partial charge in [0.05, 0.1) is 6.04 Å². The Hall–Kier alpha value is -0.260. The Morgan fingerprint density at radius 1 is 1.50 bits per heavy atom. The van der Waals surface area contributed by atoms with Crippen LogP contribution >= 0.6 is 24.2 Å². The van der Waals surface area contributed by atoms with Crippen molar-refractivity contribution in [1.82, 2.24) is 15.5 Å². The van der Waals surface area contributed by atoms with Crippen molar-refractivity contribution in [2.24, 2.45) is 0 Å². The van der Waals surface area contributed by atoms with Crippen LogP contribution in [0.1, 0.15) is 44.5 Å². The Bertz CT molecular complexity index is 302. The van der Waals surface area contributed by atoms with Gasteiger partial charge in [0.25, 0.3) is 5.22 Å². The molecular formula is C10H18ClN3OS. The third-order valence-corrected chi connectivity index (χ3v) is 3.41. The van der Waals surface area contributed by atoms with Gasteiger partial charge in [-0.25, -0.2) is 0 Å². The molecule has 1 N–H and O–H groups in total. The summed E-state index contributed by atoms with van der Waals surface area (Å²) in [7, 11) is 0. The van der Waals surface area contributed by atoms with Crippen molar-refractivity contribution < 1.29 is 4.42 Å². The average Bonchev–Trinajstić information content (AvgIpc) is 2.87. The maximum Gasteiger partial charge on any atom is 0.276 e. The van der Waals surface area contributed by atoms with Gasteiger partial charge in [0.1, 0.15) is 0 Å². The second-order valence-electron chi connectivity index (χ2n) is 3.76. The predicted molar refractivity (Wildman–Crippen MR) is 67.2 cm³/mol. The molecule has 1 fully saturated rings. The van der Waals surface area contributed by atoms with Crippen LogP contribution in [-0.4, -0.2) is 22.5 Å². The first-order valence-corrected chi connectivity index (χ1v) is 6.58. The van der Waals surface area contributed by atoms with Crippen molar-refractivity contribution in [2.45, 2.75) is 43.9 Å². The zero-order valence-corrected chi connectivity index (χ0v) is 11.1. The highest BCUT2D eigenvalue weighted by atomic mass is 35.5. The number of unbranched alkanes of at least 4 members (excludes halogenated alkanes) is 1. The minimum atomic E-state index is 0. The van der Waals surface area contributed by atoms with E-state index < -0.39 is 0 Å². The first-order valence-electron chi connectivity index (χ1n) is 5.59. The van der Waals surface area contributed by atoms with Crippen molar-refractivity contribution in [3.63, 3.8) is 0 Å². The number of halogens is 1. The smallest absolute Gasteiger partial charge is 0.276 e. The normalized spacial score (nSPS) is 19.7. The van der Waals surface area contributed by atoms with Gasteiger partial charge in [-0.15, -0.1) is 22.6 Å².